The molecular weight excluding hydrogens is 232 g/mol. The lowest BCUT2D eigenvalue weighted by Gasteiger charge is -2.29. The van der Waals surface area contributed by atoms with E-state index in [1.165, 1.54) is 5.56 Å². The molecule has 2 unspecified atom stereocenters. The SMILES string of the molecule is O=C1CC(C(=O)O)NC(CCc2ccccc2)N1. The molecule has 0 radical (unpaired) electrons. The first-order chi connectivity index (χ1) is 8.65. The molecule has 1 aromatic rings. The molecule has 1 fully saturated rings. The first kappa shape index (κ1) is 12.6. The summed E-state index contributed by atoms with van der Waals surface area (Å²) in [6, 6.07) is 9.12. The molecule has 1 saturated heterocycles. The summed E-state index contributed by atoms with van der Waals surface area (Å²) in [5, 5.41) is 14.6. The van der Waals surface area contributed by atoms with E-state index in [1.807, 2.05) is 30.3 Å². The van der Waals surface area contributed by atoms with Crippen LogP contribution in [0.1, 0.15) is 18.4 Å². The lowest BCUT2D eigenvalue weighted by molar-refractivity contribution is -0.143. The van der Waals surface area contributed by atoms with Gasteiger partial charge in [-0.2, -0.15) is 0 Å². The number of amides is 1. The largest absolute Gasteiger partial charge is 0.480 e. The lowest BCUT2D eigenvalue weighted by Crippen LogP contribution is -2.58. The van der Waals surface area contributed by atoms with Crippen molar-refractivity contribution in [3.63, 3.8) is 0 Å². The quantitative estimate of drug-likeness (QED) is 0.725. The Morgan fingerprint density at radius 2 is 2.06 bits per heavy atom. The minimum Gasteiger partial charge on any atom is -0.480 e. The van der Waals surface area contributed by atoms with Gasteiger partial charge in [0.1, 0.15) is 6.04 Å². The second kappa shape index (κ2) is 5.64. The molecule has 1 amide bonds. The Hall–Kier alpha value is -1.88. The van der Waals surface area contributed by atoms with Crippen LogP contribution in [0, 0.1) is 0 Å². The number of aryl methyl sites for hydroxylation is 1. The molecule has 0 aliphatic carbocycles. The van der Waals surface area contributed by atoms with Crippen molar-refractivity contribution in [1.29, 1.82) is 0 Å². The summed E-state index contributed by atoms with van der Waals surface area (Å²) >= 11 is 0. The Bertz CT molecular complexity index is 433. The van der Waals surface area contributed by atoms with Gasteiger partial charge in [-0.1, -0.05) is 30.3 Å². The summed E-state index contributed by atoms with van der Waals surface area (Å²) < 4.78 is 0. The number of hydrogen-bond acceptors (Lipinski definition) is 3. The van der Waals surface area contributed by atoms with Crippen LogP contribution in [0.15, 0.2) is 30.3 Å². The van der Waals surface area contributed by atoms with Crippen LogP contribution in [-0.2, 0) is 16.0 Å². The van der Waals surface area contributed by atoms with Crippen molar-refractivity contribution in [2.75, 3.05) is 0 Å². The van der Waals surface area contributed by atoms with Gasteiger partial charge in [0.2, 0.25) is 5.91 Å². The summed E-state index contributed by atoms with van der Waals surface area (Å²) in [6.45, 7) is 0. The summed E-state index contributed by atoms with van der Waals surface area (Å²) in [5.41, 5.74) is 1.17. The lowest BCUT2D eigenvalue weighted by atomic mass is 10.1. The number of benzene rings is 1. The highest BCUT2D eigenvalue weighted by atomic mass is 16.4. The summed E-state index contributed by atoms with van der Waals surface area (Å²) in [7, 11) is 0. The van der Waals surface area contributed by atoms with Crippen molar-refractivity contribution in [2.24, 2.45) is 0 Å². The van der Waals surface area contributed by atoms with Crippen LogP contribution in [0.2, 0.25) is 0 Å². The maximum atomic E-state index is 11.4. The van der Waals surface area contributed by atoms with Crippen molar-refractivity contribution in [2.45, 2.75) is 31.5 Å². The van der Waals surface area contributed by atoms with Gasteiger partial charge in [0.15, 0.2) is 0 Å². The number of carbonyl (C=O) groups is 2. The molecule has 96 valence electrons. The standard InChI is InChI=1S/C13H16N2O3/c16-12-8-10(13(17)18)14-11(15-12)7-6-9-4-2-1-3-5-9/h1-5,10-11,14H,6-8H2,(H,15,16)(H,17,18). The number of rotatable bonds is 4. The van der Waals surface area contributed by atoms with Gasteiger partial charge in [0, 0.05) is 0 Å². The van der Waals surface area contributed by atoms with E-state index in [4.69, 9.17) is 5.11 Å². The fourth-order valence-electron chi connectivity index (χ4n) is 2.05. The Morgan fingerprint density at radius 3 is 2.72 bits per heavy atom. The van der Waals surface area contributed by atoms with Crippen LogP contribution in [0.5, 0.6) is 0 Å². The number of carboxylic acid groups (broad SMARTS) is 1. The highest BCUT2D eigenvalue weighted by Gasteiger charge is 2.29. The second-order valence-electron chi connectivity index (χ2n) is 4.41. The van der Waals surface area contributed by atoms with Crippen LogP contribution in [0.25, 0.3) is 0 Å². The molecule has 2 rings (SSSR count). The number of carbonyl (C=O) groups excluding carboxylic acids is 1. The first-order valence-electron chi connectivity index (χ1n) is 5.97. The van der Waals surface area contributed by atoms with Crippen molar-refractivity contribution >= 4 is 11.9 Å². The minimum atomic E-state index is -0.977. The molecule has 1 aliphatic heterocycles. The normalized spacial score (nSPS) is 23.4. The fourth-order valence-corrected chi connectivity index (χ4v) is 2.05. The summed E-state index contributed by atoms with van der Waals surface area (Å²) in [5.74, 6) is -1.19. The molecule has 3 N–H and O–H groups in total. The van der Waals surface area contributed by atoms with E-state index in [0.29, 0.717) is 6.42 Å². The van der Waals surface area contributed by atoms with Crippen LogP contribution >= 0.6 is 0 Å². The molecule has 1 aromatic carbocycles. The smallest absolute Gasteiger partial charge is 0.321 e. The van der Waals surface area contributed by atoms with Gasteiger partial charge in [-0.15, -0.1) is 0 Å². The summed E-state index contributed by atoms with van der Waals surface area (Å²) in [6.07, 6.45) is 1.20. The van der Waals surface area contributed by atoms with E-state index < -0.39 is 12.0 Å². The van der Waals surface area contributed by atoms with Gasteiger partial charge in [-0.05, 0) is 18.4 Å². The third-order valence-electron chi connectivity index (χ3n) is 2.99. The van der Waals surface area contributed by atoms with Gasteiger partial charge < -0.3 is 10.4 Å². The fraction of sp³-hybridized carbons (Fsp3) is 0.385. The van der Waals surface area contributed by atoms with Gasteiger partial charge >= 0.3 is 5.97 Å². The number of nitrogens with one attached hydrogen (secondary N) is 2. The van der Waals surface area contributed by atoms with Crippen LogP contribution in [-0.4, -0.2) is 29.2 Å². The number of carboxylic acids is 1. The Kier molecular flexibility index (Phi) is 3.94. The van der Waals surface area contributed by atoms with Crippen molar-refractivity contribution < 1.29 is 14.7 Å². The Balaban J connectivity index is 1.89. The van der Waals surface area contributed by atoms with Gasteiger partial charge in [-0.3, -0.25) is 14.9 Å². The third-order valence-corrected chi connectivity index (χ3v) is 2.99. The average molecular weight is 248 g/mol. The number of hydrogen-bond donors (Lipinski definition) is 3. The van der Waals surface area contributed by atoms with Gasteiger partial charge in [0.05, 0.1) is 12.6 Å². The monoisotopic (exact) mass is 248 g/mol. The topological polar surface area (TPSA) is 78.4 Å². The van der Waals surface area contributed by atoms with Crippen LogP contribution in [0.3, 0.4) is 0 Å². The van der Waals surface area contributed by atoms with Crippen LogP contribution in [0.4, 0.5) is 0 Å². The zero-order valence-corrected chi connectivity index (χ0v) is 9.93. The minimum absolute atomic E-state index is 0.00281. The van der Waals surface area contributed by atoms with E-state index in [1.54, 1.807) is 0 Å². The van der Waals surface area contributed by atoms with Crippen molar-refractivity contribution in [3.05, 3.63) is 35.9 Å². The molecule has 0 bridgehead atoms. The van der Waals surface area contributed by atoms with Crippen molar-refractivity contribution in [1.82, 2.24) is 10.6 Å². The number of aliphatic carboxylic acids is 1. The van der Waals surface area contributed by atoms with E-state index in [9.17, 15) is 9.59 Å². The molecule has 5 nitrogen and oxygen atoms in total. The highest BCUT2D eigenvalue weighted by Crippen LogP contribution is 2.08. The highest BCUT2D eigenvalue weighted by molar-refractivity contribution is 5.85. The molecule has 2 atom stereocenters. The van der Waals surface area contributed by atoms with Crippen LogP contribution < -0.4 is 10.6 Å². The predicted molar refractivity (Wildman–Crippen MR) is 65.9 cm³/mol. The molecule has 0 saturated carbocycles. The molecule has 1 heterocycles. The zero-order valence-electron chi connectivity index (χ0n) is 9.93. The van der Waals surface area contributed by atoms with Crippen molar-refractivity contribution in [3.8, 4) is 0 Å². The zero-order chi connectivity index (χ0) is 13.0. The molecule has 1 aliphatic rings. The van der Waals surface area contributed by atoms with Gasteiger partial charge in [0.25, 0.3) is 0 Å². The van der Waals surface area contributed by atoms with Gasteiger partial charge in [-0.25, -0.2) is 0 Å². The molecule has 5 heteroatoms. The molecule has 0 spiro atoms. The molecule has 0 aromatic heterocycles. The predicted octanol–water partition coefficient (Wildman–Crippen LogP) is 0.508. The Morgan fingerprint density at radius 1 is 1.33 bits per heavy atom. The van der Waals surface area contributed by atoms with E-state index >= 15 is 0 Å². The molecular formula is C13H16N2O3. The van der Waals surface area contributed by atoms with E-state index in [-0.39, 0.29) is 18.5 Å². The first-order valence-corrected chi connectivity index (χ1v) is 5.97. The third kappa shape index (κ3) is 3.30. The summed E-state index contributed by atoms with van der Waals surface area (Å²) in [4.78, 5) is 22.3. The average Bonchev–Trinajstić information content (AvgIpc) is 2.37. The second-order valence-corrected chi connectivity index (χ2v) is 4.41. The van der Waals surface area contributed by atoms with E-state index in [0.717, 1.165) is 6.42 Å². The Labute approximate surface area is 105 Å². The maximum absolute atomic E-state index is 11.4. The molecule has 18 heavy (non-hydrogen) atoms. The van der Waals surface area contributed by atoms with E-state index in [2.05, 4.69) is 10.6 Å². The maximum Gasteiger partial charge on any atom is 0.321 e.